The quantitative estimate of drug-likeness (QED) is 0.903. The van der Waals surface area contributed by atoms with Gasteiger partial charge in [0, 0.05) is 38.6 Å². The molecule has 7 heteroatoms. The Bertz CT molecular complexity index is 780. The van der Waals surface area contributed by atoms with Crippen molar-refractivity contribution in [2.45, 2.75) is 6.54 Å². The Morgan fingerprint density at radius 3 is 2.67 bits per heavy atom. The van der Waals surface area contributed by atoms with Crippen LogP contribution in [0.1, 0.15) is 5.56 Å². The van der Waals surface area contributed by atoms with E-state index >= 15 is 0 Å². The lowest BCUT2D eigenvalue weighted by Crippen LogP contribution is -2.38. The zero-order chi connectivity index (χ0) is 15.6. The summed E-state index contributed by atoms with van der Waals surface area (Å²) in [6.45, 7) is 0.325. The van der Waals surface area contributed by atoms with Gasteiger partial charge in [-0.25, -0.2) is 4.79 Å². The molecule has 0 bridgehead atoms. The van der Waals surface area contributed by atoms with E-state index in [9.17, 15) is 9.59 Å². The lowest BCUT2D eigenvalue weighted by molar-refractivity contribution is 0.412. The number of nitrogens with one attached hydrogen (secondary N) is 1. The van der Waals surface area contributed by atoms with Crippen LogP contribution >= 0.6 is 15.9 Å². The molecular weight excluding hydrogens is 338 g/mol. The minimum absolute atomic E-state index is 0.297. The highest BCUT2D eigenvalue weighted by molar-refractivity contribution is 9.10. The molecule has 1 aromatic carbocycles. The summed E-state index contributed by atoms with van der Waals surface area (Å²) in [6.07, 6.45) is 1.55. The summed E-state index contributed by atoms with van der Waals surface area (Å²) in [5.41, 5.74) is 0.705. The summed E-state index contributed by atoms with van der Waals surface area (Å²) in [5, 5.41) is 3.15. The minimum atomic E-state index is -0.339. The van der Waals surface area contributed by atoms with Crippen LogP contribution in [0.4, 0.5) is 5.69 Å². The Kier molecular flexibility index (Phi) is 4.52. The third-order valence-corrected chi connectivity index (χ3v) is 3.81. The van der Waals surface area contributed by atoms with Gasteiger partial charge in [0.25, 0.3) is 5.56 Å². The molecule has 1 heterocycles. The van der Waals surface area contributed by atoms with Crippen LogP contribution in [-0.2, 0) is 20.6 Å². The molecule has 0 aliphatic carbocycles. The fourth-order valence-corrected chi connectivity index (χ4v) is 2.38. The summed E-state index contributed by atoms with van der Waals surface area (Å²) in [4.78, 5) is 23.6. The Balaban J connectivity index is 2.25. The Labute approximate surface area is 130 Å². The van der Waals surface area contributed by atoms with Crippen LogP contribution in [0.25, 0.3) is 0 Å². The molecule has 0 spiro atoms. The fourth-order valence-electron chi connectivity index (χ4n) is 1.97. The Morgan fingerprint density at radius 1 is 1.29 bits per heavy atom. The van der Waals surface area contributed by atoms with E-state index in [0.29, 0.717) is 17.9 Å². The molecule has 0 amide bonds. The van der Waals surface area contributed by atoms with Crippen molar-refractivity contribution in [3.63, 3.8) is 0 Å². The van der Waals surface area contributed by atoms with Gasteiger partial charge >= 0.3 is 5.69 Å². The van der Waals surface area contributed by atoms with Crippen molar-refractivity contribution in [3.8, 4) is 5.75 Å². The first-order valence-electron chi connectivity index (χ1n) is 6.27. The standard InChI is InChI=1S/C14H16BrN3O3/c1-17-8-9(13(19)18(2)14(17)20)7-16-10-4-5-11(15)12(6-10)21-3/h4-6,8,16H,7H2,1-3H3. The number of methoxy groups -OCH3 is 1. The van der Waals surface area contributed by atoms with E-state index < -0.39 is 0 Å². The van der Waals surface area contributed by atoms with Gasteiger partial charge in [0.1, 0.15) is 5.75 Å². The predicted molar refractivity (Wildman–Crippen MR) is 84.9 cm³/mol. The maximum atomic E-state index is 12.0. The van der Waals surface area contributed by atoms with Crippen LogP contribution in [0.15, 0.2) is 38.5 Å². The molecule has 0 fully saturated rings. The topological polar surface area (TPSA) is 65.3 Å². The fraction of sp³-hybridized carbons (Fsp3) is 0.286. The van der Waals surface area contributed by atoms with Crippen molar-refractivity contribution in [1.29, 1.82) is 0 Å². The third kappa shape index (κ3) is 3.18. The highest BCUT2D eigenvalue weighted by Crippen LogP contribution is 2.27. The van der Waals surface area contributed by atoms with Crippen molar-refractivity contribution >= 4 is 21.6 Å². The smallest absolute Gasteiger partial charge is 0.330 e. The SMILES string of the molecule is COc1cc(NCc2cn(C)c(=O)n(C)c2=O)ccc1Br. The van der Waals surface area contributed by atoms with Crippen LogP contribution < -0.4 is 21.3 Å². The normalized spacial score (nSPS) is 10.5. The lowest BCUT2D eigenvalue weighted by atomic mass is 10.2. The van der Waals surface area contributed by atoms with Gasteiger partial charge in [0.15, 0.2) is 0 Å². The second-order valence-corrected chi connectivity index (χ2v) is 5.47. The van der Waals surface area contributed by atoms with Crippen LogP contribution in [0.2, 0.25) is 0 Å². The predicted octanol–water partition coefficient (Wildman–Crippen LogP) is 1.47. The van der Waals surface area contributed by atoms with Gasteiger partial charge < -0.3 is 14.6 Å². The van der Waals surface area contributed by atoms with Crippen molar-refractivity contribution in [3.05, 3.63) is 55.3 Å². The number of hydrogen-bond acceptors (Lipinski definition) is 4. The molecule has 0 saturated heterocycles. The summed E-state index contributed by atoms with van der Waals surface area (Å²) in [7, 11) is 4.68. The first-order valence-corrected chi connectivity index (χ1v) is 7.06. The van der Waals surface area contributed by atoms with Crippen molar-refractivity contribution in [1.82, 2.24) is 9.13 Å². The first-order chi connectivity index (χ1) is 9.93. The van der Waals surface area contributed by atoms with E-state index in [0.717, 1.165) is 14.7 Å². The van der Waals surface area contributed by atoms with Gasteiger partial charge in [-0.3, -0.25) is 9.36 Å². The van der Waals surface area contributed by atoms with Gasteiger partial charge in [-0.2, -0.15) is 0 Å². The van der Waals surface area contributed by atoms with Crippen molar-refractivity contribution in [2.24, 2.45) is 14.1 Å². The van der Waals surface area contributed by atoms with E-state index in [2.05, 4.69) is 21.2 Å². The van der Waals surface area contributed by atoms with Crippen LogP contribution in [0.3, 0.4) is 0 Å². The molecule has 112 valence electrons. The average molecular weight is 354 g/mol. The summed E-state index contributed by atoms with van der Waals surface area (Å²) in [6, 6.07) is 5.57. The van der Waals surface area contributed by atoms with Gasteiger partial charge in [0.2, 0.25) is 0 Å². The molecule has 2 rings (SSSR count). The number of benzene rings is 1. The molecule has 1 aromatic heterocycles. The minimum Gasteiger partial charge on any atom is -0.495 e. The average Bonchev–Trinajstić information content (AvgIpc) is 2.48. The van der Waals surface area contributed by atoms with Gasteiger partial charge in [-0.05, 0) is 28.1 Å². The molecule has 6 nitrogen and oxygen atoms in total. The van der Waals surface area contributed by atoms with E-state index in [-0.39, 0.29) is 11.2 Å². The van der Waals surface area contributed by atoms with Crippen LogP contribution in [0.5, 0.6) is 5.75 Å². The number of hydrogen-bond donors (Lipinski definition) is 1. The number of ether oxygens (including phenoxy) is 1. The van der Waals surface area contributed by atoms with Crippen LogP contribution in [0, 0.1) is 0 Å². The van der Waals surface area contributed by atoms with Gasteiger partial charge in [-0.1, -0.05) is 0 Å². The van der Waals surface area contributed by atoms with E-state index in [1.54, 1.807) is 20.4 Å². The molecule has 2 aromatic rings. The summed E-state index contributed by atoms with van der Waals surface area (Å²) in [5.74, 6) is 0.702. The highest BCUT2D eigenvalue weighted by Gasteiger charge is 2.07. The maximum Gasteiger partial charge on any atom is 0.330 e. The molecule has 0 saturated carbocycles. The number of rotatable bonds is 4. The summed E-state index contributed by atoms with van der Waals surface area (Å²) < 4.78 is 8.56. The van der Waals surface area contributed by atoms with E-state index in [1.165, 1.54) is 11.6 Å². The number of aryl methyl sites for hydroxylation is 1. The Morgan fingerprint density at radius 2 is 2.00 bits per heavy atom. The lowest BCUT2D eigenvalue weighted by Gasteiger charge is -2.10. The zero-order valence-corrected chi connectivity index (χ0v) is 13.6. The Hall–Kier alpha value is -2.02. The monoisotopic (exact) mass is 353 g/mol. The molecule has 0 aliphatic heterocycles. The van der Waals surface area contributed by atoms with E-state index in [4.69, 9.17) is 4.74 Å². The first kappa shape index (κ1) is 15.4. The van der Waals surface area contributed by atoms with Crippen molar-refractivity contribution < 1.29 is 4.74 Å². The largest absolute Gasteiger partial charge is 0.495 e. The molecule has 0 unspecified atom stereocenters. The van der Waals surface area contributed by atoms with Crippen molar-refractivity contribution in [2.75, 3.05) is 12.4 Å². The molecule has 0 aliphatic rings. The number of anilines is 1. The van der Waals surface area contributed by atoms with Gasteiger partial charge in [0.05, 0.1) is 17.1 Å². The molecular formula is C14H16BrN3O3. The van der Waals surface area contributed by atoms with E-state index in [1.807, 2.05) is 18.2 Å². The number of aromatic nitrogens is 2. The maximum absolute atomic E-state index is 12.0. The molecule has 0 atom stereocenters. The molecule has 1 N–H and O–H groups in total. The second-order valence-electron chi connectivity index (χ2n) is 4.61. The molecule has 21 heavy (non-hydrogen) atoms. The summed E-state index contributed by atoms with van der Waals surface area (Å²) >= 11 is 3.38. The highest BCUT2D eigenvalue weighted by atomic mass is 79.9. The number of halogens is 1. The van der Waals surface area contributed by atoms with Crippen LogP contribution in [-0.4, -0.2) is 16.2 Å². The molecule has 0 radical (unpaired) electrons. The zero-order valence-electron chi connectivity index (χ0n) is 12.0. The third-order valence-electron chi connectivity index (χ3n) is 3.15. The second kappa shape index (κ2) is 6.17. The number of nitrogens with zero attached hydrogens (tertiary/aromatic N) is 2. The van der Waals surface area contributed by atoms with Gasteiger partial charge in [-0.15, -0.1) is 0 Å².